The Morgan fingerprint density at radius 3 is 2.61 bits per heavy atom. The summed E-state index contributed by atoms with van der Waals surface area (Å²) in [4.78, 5) is 12.2. The molecule has 2 heterocycles. The van der Waals surface area contributed by atoms with Gasteiger partial charge in [0, 0.05) is 12.2 Å². The number of aromatic nitrogens is 2. The van der Waals surface area contributed by atoms with Crippen molar-refractivity contribution in [3.05, 3.63) is 71.4 Å². The fourth-order valence-electron chi connectivity index (χ4n) is 2.61. The van der Waals surface area contributed by atoms with Crippen LogP contribution in [0.3, 0.4) is 0 Å². The third-order valence-corrected chi connectivity index (χ3v) is 4.08. The molecular weight excluding hydrogens is 358 g/mol. The zero-order chi connectivity index (χ0) is 19.3. The highest BCUT2D eigenvalue weighted by Crippen LogP contribution is 2.32. The highest BCUT2D eigenvalue weighted by Gasteiger charge is 2.13. The molecule has 0 radical (unpaired) electrons. The molecule has 1 aliphatic rings. The van der Waals surface area contributed by atoms with Crippen molar-refractivity contribution < 1.29 is 14.3 Å². The summed E-state index contributed by atoms with van der Waals surface area (Å²) < 4.78 is 10.6. The summed E-state index contributed by atoms with van der Waals surface area (Å²) >= 11 is 0. The van der Waals surface area contributed by atoms with Gasteiger partial charge in [-0.05, 0) is 54.1 Å². The molecule has 138 valence electrons. The van der Waals surface area contributed by atoms with E-state index in [1.807, 2.05) is 24.3 Å². The van der Waals surface area contributed by atoms with Crippen molar-refractivity contribution in [3.8, 4) is 17.6 Å². The predicted octanol–water partition coefficient (Wildman–Crippen LogP) is 2.94. The molecule has 4 rings (SSSR count). The standard InChI is InChI=1S/C20H15N5O3/c21-10-13-1-4-15(5-2-13)23-20(26)16-6-8-19(25-24-16)22-11-14-3-7-17-18(9-14)28-12-27-17/h1-9H,11-12H2,(H,22,25)(H,23,26). The second kappa shape index (κ2) is 7.63. The van der Waals surface area contributed by atoms with E-state index in [0.29, 0.717) is 23.6 Å². The van der Waals surface area contributed by atoms with Gasteiger partial charge in [0.15, 0.2) is 17.2 Å². The van der Waals surface area contributed by atoms with E-state index in [2.05, 4.69) is 20.8 Å². The summed E-state index contributed by atoms with van der Waals surface area (Å²) in [5, 5.41) is 22.7. The molecule has 0 saturated heterocycles. The summed E-state index contributed by atoms with van der Waals surface area (Å²) in [5.41, 5.74) is 2.30. The molecule has 0 saturated carbocycles. The van der Waals surface area contributed by atoms with E-state index in [0.717, 1.165) is 17.1 Å². The van der Waals surface area contributed by atoms with Crippen molar-refractivity contribution in [1.82, 2.24) is 10.2 Å². The van der Waals surface area contributed by atoms with Gasteiger partial charge in [0.1, 0.15) is 5.82 Å². The van der Waals surface area contributed by atoms with Gasteiger partial charge in [-0.3, -0.25) is 4.79 Å². The minimum atomic E-state index is -0.375. The summed E-state index contributed by atoms with van der Waals surface area (Å²) in [6.07, 6.45) is 0. The Morgan fingerprint density at radius 2 is 1.86 bits per heavy atom. The Bertz CT molecular complexity index is 1040. The number of amides is 1. The molecule has 0 atom stereocenters. The molecule has 1 aromatic heterocycles. The molecule has 0 aliphatic carbocycles. The van der Waals surface area contributed by atoms with E-state index in [1.54, 1.807) is 36.4 Å². The van der Waals surface area contributed by atoms with Crippen LogP contribution in [0.2, 0.25) is 0 Å². The molecule has 0 fully saturated rings. The molecule has 8 nitrogen and oxygen atoms in total. The number of nitriles is 1. The molecule has 2 aromatic carbocycles. The van der Waals surface area contributed by atoms with E-state index < -0.39 is 0 Å². The number of nitrogens with zero attached hydrogens (tertiary/aromatic N) is 3. The second-order valence-electron chi connectivity index (χ2n) is 5.99. The van der Waals surface area contributed by atoms with Crippen LogP contribution in [-0.4, -0.2) is 22.9 Å². The Morgan fingerprint density at radius 1 is 1.04 bits per heavy atom. The predicted molar refractivity (Wildman–Crippen MR) is 101 cm³/mol. The Kier molecular flexibility index (Phi) is 4.72. The molecule has 8 heteroatoms. The lowest BCUT2D eigenvalue weighted by molar-refractivity contribution is 0.102. The molecular formula is C20H15N5O3. The lowest BCUT2D eigenvalue weighted by Gasteiger charge is -2.07. The fourth-order valence-corrected chi connectivity index (χ4v) is 2.61. The average molecular weight is 373 g/mol. The van der Waals surface area contributed by atoms with Gasteiger partial charge in [0.2, 0.25) is 6.79 Å². The zero-order valence-corrected chi connectivity index (χ0v) is 14.7. The number of anilines is 2. The average Bonchev–Trinajstić information content (AvgIpc) is 3.21. The van der Waals surface area contributed by atoms with E-state index in [1.165, 1.54) is 0 Å². The quantitative estimate of drug-likeness (QED) is 0.707. The van der Waals surface area contributed by atoms with Crippen LogP contribution in [0.25, 0.3) is 0 Å². The molecule has 3 aromatic rings. The number of ether oxygens (including phenoxy) is 2. The monoisotopic (exact) mass is 373 g/mol. The van der Waals surface area contributed by atoms with Gasteiger partial charge in [-0.1, -0.05) is 6.07 Å². The van der Waals surface area contributed by atoms with Crippen LogP contribution in [0.4, 0.5) is 11.5 Å². The van der Waals surface area contributed by atoms with Gasteiger partial charge in [-0.15, -0.1) is 10.2 Å². The minimum Gasteiger partial charge on any atom is -0.454 e. The van der Waals surface area contributed by atoms with Crippen molar-refractivity contribution in [2.24, 2.45) is 0 Å². The third-order valence-electron chi connectivity index (χ3n) is 4.08. The van der Waals surface area contributed by atoms with Crippen molar-refractivity contribution in [2.75, 3.05) is 17.4 Å². The lowest BCUT2D eigenvalue weighted by Crippen LogP contribution is -2.14. The largest absolute Gasteiger partial charge is 0.454 e. The molecule has 0 spiro atoms. The number of hydrogen-bond acceptors (Lipinski definition) is 7. The van der Waals surface area contributed by atoms with E-state index in [9.17, 15) is 4.79 Å². The summed E-state index contributed by atoms with van der Waals surface area (Å²) in [6, 6.07) is 17.6. The Labute approximate surface area is 160 Å². The maximum absolute atomic E-state index is 12.2. The first-order valence-electron chi connectivity index (χ1n) is 8.49. The highest BCUT2D eigenvalue weighted by atomic mass is 16.7. The van der Waals surface area contributed by atoms with Gasteiger partial charge in [-0.2, -0.15) is 5.26 Å². The Hall–Kier alpha value is -4.12. The smallest absolute Gasteiger partial charge is 0.276 e. The summed E-state index contributed by atoms with van der Waals surface area (Å²) in [6.45, 7) is 0.770. The van der Waals surface area contributed by atoms with Gasteiger partial charge in [-0.25, -0.2) is 0 Å². The van der Waals surface area contributed by atoms with Crippen LogP contribution >= 0.6 is 0 Å². The van der Waals surface area contributed by atoms with E-state index >= 15 is 0 Å². The third kappa shape index (κ3) is 3.83. The van der Waals surface area contributed by atoms with Crippen molar-refractivity contribution in [1.29, 1.82) is 5.26 Å². The van der Waals surface area contributed by atoms with Gasteiger partial charge in [0.05, 0.1) is 11.6 Å². The van der Waals surface area contributed by atoms with Crippen LogP contribution in [0.5, 0.6) is 11.5 Å². The first-order chi connectivity index (χ1) is 13.7. The summed E-state index contributed by atoms with van der Waals surface area (Å²) in [7, 11) is 0. The summed E-state index contributed by atoms with van der Waals surface area (Å²) in [5.74, 6) is 1.63. The van der Waals surface area contributed by atoms with Gasteiger partial charge < -0.3 is 20.1 Å². The van der Waals surface area contributed by atoms with E-state index in [-0.39, 0.29) is 18.4 Å². The first kappa shape index (κ1) is 17.3. The number of benzene rings is 2. The Balaban J connectivity index is 1.35. The number of carbonyl (C=O) groups excluding carboxylic acids is 1. The van der Waals surface area contributed by atoms with Gasteiger partial charge in [0.25, 0.3) is 5.91 Å². The fraction of sp³-hybridized carbons (Fsp3) is 0.100. The van der Waals surface area contributed by atoms with Crippen LogP contribution in [0, 0.1) is 11.3 Å². The zero-order valence-electron chi connectivity index (χ0n) is 14.7. The van der Waals surface area contributed by atoms with Crippen LogP contribution in [0.15, 0.2) is 54.6 Å². The number of carbonyl (C=O) groups is 1. The lowest BCUT2D eigenvalue weighted by atomic mass is 10.2. The number of rotatable bonds is 5. The first-order valence-corrected chi connectivity index (χ1v) is 8.49. The minimum absolute atomic E-state index is 0.193. The van der Waals surface area contributed by atoms with Gasteiger partial charge >= 0.3 is 0 Å². The SMILES string of the molecule is N#Cc1ccc(NC(=O)c2ccc(NCc3ccc4c(c3)OCO4)nn2)cc1. The van der Waals surface area contributed by atoms with E-state index in [4.69, 9.17) is 14.7 Å². The van der Waals surface area contributed by atoms with Crippen LogP contribution < -0.4 is 20.1 Å². The number of nitrogens with one attached hydrogen (secondary N) is 2. The molecule has 28 heavy (non-hydrogen) atoms. The normalized spacial score (nSPS) is 11.5. The topological polar surface area (TPSA) is 109 Å². The maximum atomic E-state index is 12.2. The molecule has 1 aliphatic heterocycles. The molecule has 0 bridgehead atoms. The highest BCUT2D eigenvalue weighted by molar-refractivity contribution is 6.02. The molecule has 1 amide bonds. The van der Waals surface area contributed by atoms with Crippen LogP contribution in [-0.2, 0) is 6.54 Å². The number of fused-ring (bicyclic) bond motifs is 1. The molecule has 2 N–H and O–H groups in total. The van der Waals surface area contributed by atoms with Crippen molar-refractivity contribution in [3.63, 3.8) is 0 Å². The maximum Gasteiger partial charge on any atom is 0.276 e. The number of hydrogen-bond donors (Lipinski definition) is 2. The second-order valence-corrected chi connectivity index (χ2v) is 5.99. The van der Waals surface area contributed by atoms with Crippen molar-refractivity contribution in [2.45, 2.75) is 6.54 Å². The van der Waals surface area contributed by atoms with Crippen LogP contribution in [0.1, 0.15) is 21.6 Å². The van der Waals surface area contributed by atoms with Crippen molar-refractivity contribution >= 4 is 17.4 Å². The molecule has 0 unspecified atom stereocenters.